The van der Waals surface area contributed by atoms with Gasteiger partial charge in [-0.15, -0.1) is 0 Å². The molecule has 0 N–H and O–H groups in total. The van der Waals surface area contributed by atoms with Gasteiger partial charge in [0.15, 0.2) is 18.2 Å². The first-order valence-electron chi connectivity index (χ1n) is 8.00. The summed E-state index contributed by atoms with van der Waals surface area (Å²) >= 11 is 5.78. The van der Waals surface area contributed by atoms with Crippen LogP contribution < -0.4 is 4.74 Å². The second-order valence-corrected chi connectivity index (χ2v) is 6.43. The van der Waals surface area contributed by atoms with Crippen molar-refractivity contribution >= 4 is 23.1 Å². The Hall–Kier alpha value is -3.13. The zero-order valence-electron chi connectivity index (χ0n) is 14.9. The lowest BCUT2D eigenvalue weighted by molar-refractivity contribution is -0.385. The Bertz CT molecular complexity index is 1040. The van der Waals surface area contributed by atoms with E-state index in [2.05, 4.69) is 5.16 Å². The number of nitrogens with zero attached hydrogens (tertiary/aromatic N) is 3. The highest BCUT2D eigenvalue weighted by molar-refractivity contribution is 6.30. The van der Waals surface area contributed by atoms with E-state index >= 15 is 0 Å². The lowest BCUT2D eigenvalue weighted by Crippen LogP contribution is -2.13. The Morgan fingerprint density at radius 3 is 2.67 bits per heavy atom. The van der Waals surface area contributed by atoms with Gasteiger partial charge in [0.05, 0.1) is 4.92 Å². The third kappa shape index (κ3) is 3.70. The molecule has 27 heavy (non-hydrogen) atoms. The Morgan fingerprint density at radius 2 is 2.04 bits per heavy atom. The predicted octanol–water partition coefficient (Wildman–Crippen LogP) is 4.21. The molecule has 0 atom stereocenters. The number of rotatable bonds is 6. The number of benzene rings is 1. The number of carbonyl (C=O) groups excluding carboxylic acids is 1. The van der Waals surface area contributed by atoms with Crippen LogP contribution in [0.1, 0.15) is 27.5 Å². The van der Waals surface area contributed by atoms with Gasteiger partial charge in [-0.2, -0.15) is 0 Å². The second-order valence-electron chi connectivity index (χ2n) is 6.00. The number of ether oxygens (including phenoxy) is 1. The highest BCUT2D eigenvalue weighted by Crippen LogP contribution is 2.30. The molecule has 0 saturated heterocycles. The van der Waals surface area contributed by atoms with Crippen LogP contribution in [0, 0.1) is 30.9 Å². The standard InChI is InChI=1S/C18H16ClN3O5/c1-10-6-14(12(3)21(10)18-7-11(2)27-20-18)16(23)9-26-17-5-4-13(19)8-15(17)22(24)25/h4-8H,9H2,1-3H3. The van der Waals surface area contributed by atoms with Gasteiger partial charge in [0.25, 0.3) is 0 Å². The third-order valence-electron chi connectivity index (χ3n) is 4.05. The fourth-order valence-corrected chi connectivity index (χ4v) is 3.00. The molecule has 0 saturated carbocycles. The maximum atomic E-state index is 12.6. The Morgan fingerprint density at radius 1 is 1.30 bits per heavy atom. The summed E-state index contributed by atoms with van der Waals surface area (Å²) in [6.45, 7) is 5.07. The normalized spacial score (nSPS) is 10.8. The number of Topliss-reactive ketones (excluding diaryl/α,β-unsaturated/α-hetero) is 1. The SMILES string of the molecule is Cc1cc(-n2c(C)cc(C(=O)COc3ccc(Cl)cc3[N+](=O)[O-])c2C)no1. The zero-order chi connectivity index (χ0) is 19.7. The summed E-state index contributed by atoms with van der Waals surface area (Å²) in [6, 6.07) is 7.51. The van der Waals surface area contributed by atoms with E-state index in [1.165, 1.54) is 18.2 Å². The molecule has 3 aromatic rings. The molecule has 140 valence electrons. The van der Waals surface area contributed by atoms with Crippen molar-refractivity contribution in [3.63, 3.8) is 0 Å². The first-order valence-corrected chi connectivity index (χ1v) is 8.38. The van der Waals surface area contributed by atoms with Crippen LogP contribution in [0.4, 0.5) is 5.69 Å². The average molecular weight is 390 g/mol. The summed E-state index contributed by atoms with van der Waals surface area (Å²) in [6.07, 6.45) is 0. The molecule has 0 bridgehead atoms. The van der Waals surface area contributed by atoms with E-state index in [0.29, 0.717) is 22.8 Å². The van der Waals surface area contributed by atoms with Crippen LogP contribution in [-0.4, -0.2) is 27.0 Å². The molecule has 9 heteroatoms. The maximum absolute atomic E-state index is 12.6. The van der Waals surface area contributed by atoms with Crippen LogP contribution in [0.15, 0.2) is 34.9 Å². The molecule has 2 aromatic heterocycles. The maximum Gasteiger partial charge on any atom is 0.312 e. The van der Waals surface area contributed by atoms with Gasteiger partial charge in [-0.3, -0.25) is 19.5 Å². The van der Waals surface area contributed by atoms with Crippen molar-refractivity contribution in [1.82, 2.24) is 9.72 Å². The van der Waals surface area contributed by atoms with E-state index in [1.54, 1.807) is 30.5 Å². The molecular weight excluding hydrogens is 374 g/mol. The van der Waals surface area contributed by atoms with Gasteiger partial charge in [-0.05, 0) is 39.0 Å². The number of aryl methyl sites for hydroxylation is 2. The number of hydrogen-bond acceptors (Lipinski definition) is 6. The third-order valence-corrected chi connectivity index (χ3v) is 4.29. The first kappa shape index (κ1) is 18.7. The predicted molar refractivity (Wildman–Crippen MR) is 98.0 cm³/mol. The van der Waals surface area contributed by atoms with Crippen molar-refractivity contribution in [2.24, 2.45) is 0 Å². The lowest BCUT2D eigenvalue weighted by atomic mass is 10.1. The van der Waals surface area contributed by atoms with E-state index in [0.717, 1.165) is 5.69 Å². The molecule has 3 rings (SSSR count). The van der Waals surface area contributed by atoms with Gasteiger partial charge in [0, 0.05) is 34.1 Å². The molecule has 0 aliphatic rings. The Kier molecular flexibility index (Phi) is 5.00. The molecule has 0 fully saturated rings. The molecule has 0 aliphatic heterocycles. The lowest BCUT2D eigenvalue weighted by Gasteiger charge is -2.07. The number of aromatic nitrogens is 2. The summed E-state index contributed by atoms with van der Waals surface area (Å²) in [7, 11) is 0. The smallest absolute Gasteiger partial charge is 0.312 e. The summed E-state index contributed by atoms with van der Waals surface area (Å²) in [5.41, 5.74) is 1.64. The van der Waals surface area contributed by atoms with Crippen LogP contribution in [0.2, 0.25) is 5.02 Å². The Labute approximate surface area is 159 Å². The van der Waals surface area contributed by atoms with Crippen LogP contribution in [-0.2, 0) is 0 Å². The van der Waals surface area contributed by atoms with Gasteiger partial charge in [-0.25, -0.2) is 0 Å². The molecule has 0 aliphatic carbocycles. The van der Waals surface area contributed by atoms with Gasteiger partial charge in [0.1, 0.15) is 5.76 Å². The number of nitro benzene ring substituents is 1. The minimum Gasteiger partial charge on any atom is -0.478 e. The number of ketones is 1. The summed E-state index contributed by atoms with van der Waals surface area (Å²) in [4.78, 5) is 23.1. The van der Waals surface area contributed by atoms with Crippen molar-refractivity contribution in [3.05, 3.63) is 68.2 Å². The van der Waals surface area contributed by atoms with E-state index in [-0.39, 0.29) is 28.8 Å². The Balaban J connectivity index is 1.83. The minimum atomic E-state index is -0.607. The number of nitro groups is 1. The van der Waals surface area contributed by atoms with Crippen molar-refractivity contribution in [3.8, 4) is 11.6 Å². The van der Waals surface area contributed by atoms with Gasteiger partial charge in [-0.1, -0.05) is 16.8 Å². The number of hydrogen-bond donors (Lipinski definition) is 0. The monoisotopic (exact) mass is 389 g/mol. The summed E-state index contributed by atoms with van der Waals surface area (Å²) < 4.78 is 12.3. The average Bonchev–Trinajstić information content (AvgIpc) is 3.16. The highest BCUT2D eigenvalue weighted by Gasteiger charge is 2.21. The van der Waals surface area contributed by atoms with Crippen LogP contribution in [0.5, 0.6) is 5.75 Å². The van der Waals surface area contributed by atoms with E-state index < -0.39 is 4.92 Å². The van der Waals surface area contributed by atoms with E-state index in [1.807, 2.05) is 6.92 Å². The van der Waals surface area contributed by atoms with Crippen molar-refractivity contribution in [2.45, 2.75) is 20.8 Å². The molecule has 0 unspecified atom stereocenters. The van der Waals surface area contributed by atoms with Gasteiger partial charge in [0.2, 0.25) is 5.78 Å². The fraction of sp³-hybridized carbons (Fsp3) is 0.222. The number of halogens is 1. The largest absolute Gasteiger partial charge is 0.478 e. The zero-order valence-corrected chi connectivity index (χ0v) is 15.6. The highest BCUT2D eigenvalue weighted by atomic mass is 35.5. The topological polar surface area (TPSA) is 100 Å². The molecule has 8 nitrogen and oxygen atoms in total. The molecule has 0 spiro atoms. The quantitative estimate of drug-likeness (QED) is 0.355. The van der Waals surface area contributed by atoms with Gasteiger partial charge < -0.3 is 9.26 Å². The molecule has 2 heterocycles. The van der Waals surface area contributed by atoms with Crippen LogP contribution >= 0.6 is 11.6 Å². The van der Waals surface area contributed by atoms with Crippen LogP contribution in [0.25, 0.3) is 5.82 Å². The van der Waals surface area contributed by atoms with Crippen molar-refractivity contribution in [1.29, 1.82) is 0 Å². The second kappa shape index (κ2) is 7.24. The molecule has 0 amide bonds. The fourth-order valence-electron chi connectivity index (χ4n) is 2.83. The van der Waals surface area contributed by atoms with Crippen molar-refractivity contribution in [2.75, 3.05) is 6.61 Å². The van der Waals surface area contributed by atoms with Gasteiger partial charge >= 0.3 is 5.69 Å². The van der Waals surface area contributed by atoms with E-state index in [4.69, 9.17) is 20.9 Å². The first-order chi connectivity index (χ1) is 12.8. The van der Waals surface area contributed by atoms with Crippen LogP contribution in [0.3, 0.4) is 0 Å². The minimum absolute atomic E-state index is 0.0151. The molecular formula is C18H16ClN3O5. The molecule has 0 radical (unpaired) electrons. The summed E-state index contributed by atoms with van der Waals surface area (Å²) in [5, 5.41) is 15.3. The van der Waals surface area contributed by atoms with E-state index in [9.17, 15) is 14.9 Å². The molecule has 1 aromatic carbocycles. The number of carbonyl (C=O) groups is 1. The summed E-state index contributed by atoms with van der Waals surface area (Å²) in [5.74, 6) is 0.914. The van der Waals surface area contributed by atoms with Crippen molar-refractivity contribution < 1.29 is 19.0 Å².